The maximum Gasteiger partial charge on any atom is 0.264 e. The van der Waals surface area contributed by atoms with Gasteiger partial charge in [0.1, 0.15) is 0 Å². The first-order chi connectivity index (χ1) is 28.9. The summed E-state index contributed by atoms with van der Waals surface area (Å²) in [6, 6.07) is 65.6. The van der Waals surface area contributed by atoms with Gasteiger partial charge in [0.15, 0.2) is 0 Å². The van der Waals surface area contributed by atoms with Crippen molar-refractivity contribution in [2.75, 3.05) is 9.80 Å². The first kappa shape index (κ1) is 27.9. The molecule has 1 aromatic heterocycles. The minimum atomic E-state index is -2.25. The summed E-state index contributed by atoms with van der Waals surface area (Å²) in [5.74, 6) is 0. The second-order valence-electron chi connectivity index (χ2n) is 15.4. The summed E-state index contributed by atoms with van der Waals surface area (Å²) in [7, 11) is 0. The number of hydrogen-bond acceptors (Lipinski definition) is 3. The van der Waals surface area contributed by atoms with E-state index in [0.717, 1.165) is 33.9 Å². The average Bonchev–Trinajstić information content (AvgIpc) is 3.89. The standard InChI is InChI=1S/C52H33BN2S/c1-32-27-28-44-47(29-32)54(33-15-4-2-5-16-33)45-25-14-26-46-49(45)53(44)51-50(55(46)34-17-6-3-7-18-34)39-30-38-37-21-10-13-24-42(37)52(43(38)31-48(39)56-51)40-22-11-8-19-35(40)36-20-9-12-23-41(36)52/h2-31H,1H3/i1D3. The Kier molecular flexibility index (Phi) is 5.48. The fourth-order valence-electron chi connectivity index (χ4n) is 10.7. The number of fused-ring (bicyclic) bond motifs is 16. The molecule has 4 heteroatoms. The molecule has 0 N–H and O–H groups in total. The van der Waals surface area contributed by atoms with Crippen LogP contribution in [0.15, 0.2) is 182 Å². The molecular weight excluding hydrogens is 695 g/mol. The molecule has 9 aromatic rings. The Hall–Kier alpha value is -6.62. The van der Waals surface area contributed by atoms with Crippen molar-refractivity contribution in [2.45, 2.75) is 12.3 Å². The Bertz CT molecular complexity index is 3200. The predicted molar refractivity (Wildman–Crippen MR) is 237 cm³/mol. The van der Waals surface area contributed by atoms with Crippen molar-refractivity contribution in [2.24, 2.45) is 0 Å². The number of benzene rings is 8. The van der Waals surface area contributed by atoms with Crippen molar-refractivity contribution >= 4 is 78.0 Å². The SMILES string of the molecule is [2H]C([2H])([2H])c1ccc2c(c1)N(c1ccccc1)c1cccc3c1B2c1sc2cc4c(cc2c1N3c1ccccc1)-c1ccccc1C41c2ccccc2-c2ccccc21. The first-order valence-electron chi connectivity index (χ1n) is 20.8. The molecule has 0 amide bonds. The van der Waals surface area contributed by atoms with Crippen molar-refractivity contribution in [1.29, 1.82) is 0 Å². The van der Waals surface area contributed by atoms with E-state index in [0.29, 0.717) is 5.56 Å². The van der Waals surface area contributed by atoms with Crippen LogP contribution in [0.25, 0.3) is 32.3 Å². The zero-order chi connectivity index (χ0) is 39.2. The van der Waals surface area contributed by atoms with E-state index >= 15 is 0 Å². The van der Waals surface area contributed by atoms with Gasteiger partial charge < -0.3 is 9.80 Å². The van der Waals surface area contributed by atoms with Crippen molar-refractivity contribution in [3.05, 3.63) is 210 Å². The Morgan fingerprint density at radius 3 is 1.71 bits per heavy atom. The Morgan fingerprint density at radius 2 is 1.07 bits per heavy atom. The number of thiophene rings is 1. The van der Waals surface area contributed by atoms with Crippen LogP contribution in [0.4, 0.5) is 34.1 Å². The summed E-state index contributed by atoms with van der Waals surface area (Å²) in [5.41, 5.74) is 19.1. The van der Waals surface area contributed by atoms with Gasteiger partial charge in [-0.25, -0.2) is 0 Å². The number of hydrogen-bond donors (Lipinski definition) is 0. The maximum atomic E-state index is 8.44. The van der Waals surface area contributed by atoms with Gasteiger partial charge in [-0.2, -0.15) is 0 Å². The van der Waals surface area contributed by atoms with E-state index < -0.39 is 12.3 Å². The fraction of sp³-hybridized carbons (Fsp3) is 0.0385. The van der Waals surface area contributed by atoms with E-state index in [-0.39, 0.29) is 6.71 Å². The van der Waals surface area contributed by atoms with Gasteiger partial charge in [-0.15, -0.1) is 11.3 Å². The van der Waals surface area contributed by atoms with Crippen LogP contribution in [0.3, 0.4) is 0 Å². The molecule has 0 saturated carbocycles. The second kappa shape index (κ2) is 11.0. The summed E-state index contributed by atoms with van der Waals surface area (Å²) in [6.45, 7) is -2.36. The minimum absolute atomic E-state index is 0.113. The Labute approximate surface area is 334 Å². The van der Waals surface area contributed by atoms with Crippen LogP contribution < -0.4 is 25.5 Å². The molecule has 2 nitrogen and oxygen atoms in total. The van der Waals surface area contributed by atoms with E-state index in [1.807, 2.05) is 29.5 Å². The van der Waals surface area contributed by atoms with Gasteiger partial charge in [-0.05, 0) is 122 Å². The molecule has 8 aromatic carbocycles. The van der Waals surface area contributed by atoms with Crippen molar-refractivity contribution in [3.8, 4) is 22.3 Å². The van der Waals surface area contributed by atoms with Crippen LogP contribution in [0, 0.1) is 6.85 Å². The van der Waals surface area contributed by atoms with Crippen LogP contribution in [-0.4, -0.2) is 6.71 Å². The van der Waals surface area contributed by atoms with Gasteiger partial charge in [-0.1, -0.05) is 127 Å². The van der Waals surface area contributed by atoms with Crippen LogP contribution in [0.1, 0.15) is 31.9 Å². The lowest BCUT2D eigenvalue weighted by Crippen LogP contribution is -2.60. The third kappa shape index (κ3) is 3.73. The van der Waals surface area contributed by atoms with Crippen LogP contribution >= 0.6 is 11.3 Å². The second-order valence-corrected chi connectivity index (χ2v) is 16.4. The van der Waals surface area contributed by atoms with E-state index in [9.17, 15) is 0 Å². The summed E-state index contributed by atoms with van der Waals surface area (Å²) in [5, 5.41) is 1.22. The highest BCUT2D eigenvalue weighted by atomic mass is 32.1. The predicted octanol–water partition coefficient (Wildman–Crippen LogP) is 11.6. The smallest absolute Gasteiger partial charge is 0.264 e. The number of rotatable bonds is 2. The lowest BCUT2D eigenvalue weighted by Gasteiger charge is -2.43. The molecule has 4 aliphatic rings. The van der Waals surface area contributed by atoms with Gasteiger partial charge in [0.2, 0.25) is 0 Å². The molecule has 0 atom stereocenters. The molecule has 2 aliphatic carbocycles. The van der Waals surface area contributed by atoms with Crippen molar-refractivity contribution in [1.82, 2.24) is 0 Å². The fourth-order valence-corrected chi connectivity index (χ4v) is 12.0. The zero-order valence-corrected chi connectivity index (χ0v) is 31.0. The molecule has 0 unspecified atom stereocenters. The normalized spacial score (nSPS) is 15.6. The third-order valence-electron chi connectivity index (χ3n) is 12.7. The number of anilines is 6. The lowest BCUT2D eigenvalue weighted by atomic mass is 9.36. The highest BCUT2D eigenvalue weighted by Crippen LogP contribution is 2.64. The topological polar surface area (TPSA) is 6.48 Å². The number of aryl methyl sites for hydroxylation is 1. The molecule has 0 fully saturated rings. The number of nitrogens with zero attached hydrogens (tertiary/aromatic N) is 2. The molecule has 56 heavy (non-hydrogen) atoms. The van der Waals surface area contributed by atoms with E-state index in [2.05, 4.69) is 174 Å². The van der Waals surface area contributed by atoms with Gasteiger partial charge in [-0.3, -0.25) is 0 Å². The molecule has 0 bridgehead atoms. The van der Waals surface area contributed by atoms with Gasteiger partial charge in [0.25, 0.3) is 6.71 Å². The summed E-state index contributed by atoms with van der Waals surface area (Å²) in [4.78, 5) is 4.75. The summed E-state index contributed by atoms with van der Waals surface area (Å²) in [6.07, 6.45) is 0. The van der Waals surface area contributed by atoms with Crippen molar-refractivity contribution in [3.63, 3.8) is 0 Å². The van der Waals surface area contributed by atoms with Crippen LogP contribution in [-0.2, 0) is 5.41 Å². The maximum absolute atomic E-state index is 8.44. The molecule has 1 spiro atoms. The minimum Gasteiger partial charge on any atom is -0.311 e. The third-order valence-corrected chi connectivity index (χ3v) is 13.9. The highest BCUT2D eigenvalue weighted by molar-refractivity contribution is 7.33. The van der Waals surface area contributed by atoms with Crippen LogP contribution in [0.5, 0.6) is 0 Å². The lowest BCUT2D eigenvalue weighted by molar-refractivity contribution is 0.795. The molecule has 0 saturated heterocycles. The van der Waals surface area contributed by atoms with Crippen LogP contribution in [0.2, 0.25) is 0 Å². The summed E-state index contributed by atoms with van der Waals surface area (Å²) >= 11 is 1.89. The summed E-state index contributed by atoms with van der Waals surface area (Å²) < 4.78 is 27.8. The largest absolute Gasteiger partial charge is 0.311 e. The molecule has 3 heterocycles. The quantitative estimate of drug-likeness (QED) is 0.163. The molecular formula is C52H33BN2S. The van der Waals surface area contributed by atoms with E-state index in [4.69, 9.17) is 4.11 Å². The van der Waals surface area contributed by atoms with Gasteiger partial charge >= 0.3 is 0 Å². The van der Waals surface area contributed by atoms with E-state index in [1.54, 1.807) is 0 Å². The molecule has 260 valence electrons. The van der Waals surface area contributed by atoms with Gasteiger partial charge in [0, 0.05) is 47.4 Å². The number of para-hydroxylation sites is 2. The highest BCUT2D eigenvalue weighted by Gasteiger charge is 2.52. The average molecular weight is 732 g/mol. The molecule has 0 radical (unpaired) electrons. The van der Waals surface area contributed by atoms with Gasteiger partial charge in [0.05, 0.1) is 11.1 Å². The molecule has 2 aliphatic heterocycles. The molecule has 13 rings (SSSR count). The zero-order valence-electron chi connectivity index (χ0n) is 33.2. The van der Waals surface area contributed by atoms with E-state index in [1.165, 1.54) is 70.5 Å². The monoisotopic (exact) mass is 731 g/mol. The van der Waals surface area contributed by atoms with Crippen molar-refractivity contribution < 1.29 is 4.11 Å². The first-order valence-corrected chi connectivity index (χ1v) is 20.1. The Balaban J connectivity index is 1.14. The Morgan fingerprint density at radius 1 is 0.500 bits per heavy atom.